The largest absolute Gasteiger partial charge is 1.00 e. The molecule has 0 bridgehead atoms. The van der Waals surface area contributed by atoms with E-state index >= 15 is 0 Å². The molecule has 0 aliphatic carbocycles. The van der Waals surface area contributed by atoms with Gasteiger partial charge in [0.1, 0.15) is 0 Å². The van der Waals surface area contributed by atoms with Crippen LogP contribution in [0.1, 0.15) is 159 Å². The minimum Gasteiger partial charge on any atom is -1.00 e. The Kier molecular flexibility index (Phi) is 33.0. The SMILES string of the molecule is CC(C)c1cc(C(C)C)c([S][Pd+2])c(C(C)C)c1.CCSc1c(C(C)C)cc(C(C)C)cc1C(C)C.Fc1c(F)c(F)c(B(c2c(F)c(F)c(F)c(F)c2F)c2c(F)c(F)c(F)c(F)c2F)c(F)c1F.Fc1c(F)c(F)c(B(c2c(F)c(F)c(F)c(F)c2F)c2c(F)c(F)c(F)c(F)c2F)c(F)c1F.[Cl-].[Cl-]. The fourth-order valence-electron chi connectivity index (χ4n) is 10.3. The first-order valence-electron chi connectivity index (χ1n) is 29.9. The van der Waals surface area contributed by atoms with E-state index in [9.17, 15) is 132 Å². The van der Waals surface area contributed by atoms with E-state index in [0.29, 0.717) is 35.5 Å². The van der Waals surface area contributed by atoms with E-state index in [2.05, 4.69) is 132 Å². The predicted molar refractivity (Wildman–Crippen MR) is 326 cm³/mol. The Morgan fingerprint density at radius 2 is 0.371 bits per heavy atom. The Bertz CT molecular complexity index is 3820. The molecule has 8 aromatic carbocycles. The summed E-state index contributed by atoms with van der Waals surface area (Å²) in [6.45, 7) is 21.8. The summed E-state index contributed by atoms with van der Waals surface area (Å²) in [6.07, 6.45) is 0. The molecule has 0 saturated carbocycles. The van der Waals surface area contributed by atoms with Gasteiger partial charge in [0, 0.05) is 37.7 Å². The minimum atomic E-state index is -3.96. The van der Waals surface area contributed by atoms with Crippen molar-refractivity contribution in [3.8, 4) is 0 Å². The van der Waals surface area contributed by atoms with Crippen LogP contribution in [0.15, 0.2) is 34.1 Å². The number of hydrogen-bond acceptors (Lipinski definition) is 2. The molecule has 0 fully saturated rings. The van der Waals surface area contributed by atoms with E-state index < -0.39 is 221 Å². The van der Waals surface area contributed by atoms with Gasteiger partial charge >= 0.3 is 121 Å². The molecule has 0 atom stereocenters. The zero-order valence-corrected chi connectivity index (χ0v) is 60.6. The monoisotopic (exact) mass is 1700 g/mol. The second-order valence-corrected chi connectivity index (χ2v) is 27.0. The van der Waals surface area contributed by atoms with Crippen molar-refractivity contribution in [2.75, 3.05) is 5.75 Å². The van der Waals surface area contributed by atoms with Crippen LogP contribution in [0.3, 0.4) is 0 Å². The van der Waals surface area contributed by atoms with E-state index in [4.69, 9.17) is 0 Å². The number of benzene rings is 8. The molecule has 37 heteroatoms. The smallest absolute Gasteiger partial charge is 0.265 e. The van der Waals surface area contributed by atoms with Crippen LogP contribution in [0.25, 0.3) is 0 Å². The fourth-order valence-corrected chi connectivity index (χ4v) is 13.3. The van der Waals surface area contributed by atoms with Gasteiger partial charge in [0.15, 0.2) is 175 Å². The molecule has 8 aromatic rings. The summed E-state index contributed by atoms with van der Waals surface area (Å²) in [4.78, 5) is 2.97. The van der Waals surface area contributed by atoms with E-state index in [1.165, 1.54) is 43.2 Å². The summed E-state index contributed by atoms with van der Waals surface area (Å²) in [7, 11) is 1.75. The molecule has 105 heavy (non-hydrogen) atoms. The second-order valence-electron chi connectivity index (χ2n) is 24.3. The van der Waals surface area contributed by atoms with E-state index in [1.807, 2.05) is 11.8 Å². The Morgan fingerprint density at radius 3 is 0.486 bits per heavy atom. The molecule has 575 valence electrons. The molecular formula is C68H51B2Cl2F30PdS2. The summed E-state index contributed by atoms with van der Waals surface area (Å²) in [5, 5.41) is 0. The van der Waals surface area contributed by atoms with Crippen molar-refractivity contribution in [3.63, 3.8) is 0 Å². The fraction of sp³-hybridized carbons (Fsp3) is 0.294. The average Bonchev–Trinajstić information content (AvgIpc) is 0.733. The normalized spacial score (nSPS) is 11.3. The molecule has 0 spiro atoms. The van der Waals surface area contributed by atoms with Gasteiger partial charge in [-0.3, -0.25) is 0 Å². The van der Waals surface area contributed by atoms with Gasteiger partial charge in [0.05, 0.1) is 0 Å². The summed E-state index contributed by atoms with van der Waals surface area (Å²) >= 11 is 5.30. The Labute approximate surface area is 612 Å². The standard InChI is InChI=1S/2C18BF15.C17H28S.C15H24S.2ClH.Pd/c2*20-4-1(5(21)11(27)16(32)10(4)26)19(2-6(22)12(28)17(33)13(29)7(2)23)3-8(24)14(30)18(34)15(31)9(3)25;1-8-18-17-15(12(4)5)9-14(11(2)3)10-16(17)13(6)7;1-9(2)12-7-13(10(3)4)15(16)14(8-12)11(5)6;;;/h;;9-13H,8H2,1-7H3;7-11,16H,1-6H3;2*1H;/q;;;;;;+3/p-3. The quantitative estimate of drug-likeness (QED) is 0.0330. The average molecular weight is 1700 g/mol. The molecule has 0 aromatic heterocycles. The maximum absolute atomic E-state index is 14.4. The van der Waals surface area contributed by atoms with Crippen molar-refractivity contribution >= 4 is 67.5 Å². The van der Waals surface area contributed by atoms with E-state index in [1.54, 1.807) is 9.58 Å². The van der Waals surface area contributed by atoms with Gasteiger partial charge in [0.2, 0.25) is 0 Å². The molecule has 0 nitrogen and oxygen atoms in total. The van der Waals surface area contributed by atoms with Crippen LogP contribution in [-0.4, -0.2) is 19.2 Å². The Morgan fingerprint density at radius 1 is 0.238 bits per heavy atom. The first kappa shape index (κ1) is 92.9. The summed E-state index contributed by atoms with van der Waals surface area (Å²) in [5.74, 6) is -85.7. The molecule has 0 unspecified atom stereocenters. The van der Waals surface area contributed by atoms with Gasteiger partial charge in [-0.1, -0.05) is 60.6 Å². The maximum Gasteiger partial charge on any atom is 0.265 e. The molecule has 0 aliphatic heterocycles. The molecule has 0 N–H and O–H groups in total. The van der Waals surface area contributed by atoms with Gasteiger partial charge in [0.25, 0.3) is 13.4 Å². The number of thioether (sulfide) groups is 1. The summed E-state index contributed by atoms with van der Waals surface area (Å²) < 4.78 is 417. The van der Waals surface area contributed by atoms with Crippen LogP contribution in [-0.2, 0) is 17.9 Å². The zero-order chi connectivity index (χ0) is 79.0. The number of hydrogen-bond donors (Lipinski definition) is 0. The number of halogens is 32. The van der Waals surface area contributed by atoms with Crippen molar-refractivity contribution in [2.24, 2.45) is 0 Å². The zero-order valence-electron chi connectivity index (χ0n) is 55.9. The molecular weight excluding hydrogens is 1650 g/mol. The van der Waals surface area contributed by atoms with E-state index in [0.717, 1.165) is 5.75 Å². The molecule has 0 saturated heterocycles. The third kappa shape index (κ3) is 18.1. The van der Waals surface area contributed by atoms with Gasteiger partial charge in [-0.25, -0.2) is 132 Å². The van der Waals surface area contributed by atoms with Crippen molar-refractivity contribution in [3.05, 3.63) is 232 Å². The van der Waals surface area contributed by atoms with Crippen molar-refractivity contribution in [2.45, 2.75) is 135 Å². The van der Waals surface area contributed by atoms with Gasteiger partial charge in [-0.05, 0) is 40.2 Å². The van der Waals surface area contributed by atoms with Crippen molar-refractivity contribution < 1.29 is 174 Å². The van der Waals surface area contributed by atoms with E-state index in [-0.39, 0.29) is 24.8 Å². The van der Waals surface area contributed by atoms with Crippen LogP contribution in [0.2, 0.25) is 0 Å². The van der Waals surface area contributed by atoms with Gasteiger partial charge in [-0.2, -0.15) is 0 Å². The van der Waals surface area contributed by atoms with Crippen molar-refractivity contribution in [1.82, 2.24) is 0 Å². The van der Waals surface area contributed by atoms with Crippen LogP contribution in [0, 0.1) is 175 Å². The molecule has 0 radical (unpaired) electrons. The molecule has 0 amide bonds. The maximum atomic E-state index is 14.4. The first-order valence-corrected chi connectivity index (χ1v) is 33.5. The van der Waals surface area contributed by atoms with Crippen LogP contribution in [0.4, 0.5) is 132 Å². The topological polar surface area (TPSA) is 0 Å². The molecule has 8 rings (SSSR count). The Hall–Kier alpha value is -6.27. The first-order chi connectivity index (χ1) is 47.6. The van der Waals surface area contributed by atoms with Gasteiger partial charge in [-0.15, -0.1) is 11.8 Å². The molecule has 0 heterocycles. The third-order valence-electron chi connectivity index (χ3n) is 15.7. The third-order valence-corrected chi connectivity index (χ3v) is 18.3. The van der Waals surface area contributed by atoms with Crippen LogP contribution >= 0.6 is 21.3 Å². The molecule has 0 aliphatic rings. The van der Waals surface area contributed by atoms with Gasteiger partial charge < -0.3 is 24.8 Å². The Balaban J connectivity index is 0.000000378. The number of rotatable bonds is 15. The van der Waals surface area contributed by atoms with Crippen LogP contribution in [0.5, 0.6) is 0 Å². The van der Waals surface area contributed by atoms with Crippen LogP contribution < -0.4 is 57.6 Å². The minimum absolute atomic E-state index is 0. The summed E-state index contributed by atoms with van der Waals surface area (Å²) in [6, 6.07) is 9.63. The van der Waals surface area contributed by atoms with Crippen molar-refractivity contribution in [1.29, 1.82) is 0 Å². The summed E-state index contributed by atoms with van der Waals surface area (Å²) in [5.41, 5.74) is -7.07. The second kappa shape index (κ2) is 37.2. The predicted octanol–water partition coefficient (Wildman–Crippen LogP) is 14.4.